The second-order valence-corrected chi connectivity index (χ2v) is 7.06. The number of aliphatic hydroxyl groups is 1. The van der Waals surface area contributed by atoms with Crippen LogP contribution >= 0.6 is 0 Å². The van der Waals surface area contributed by atoms with Gasteiger partial charge in [0, 0.05) is 11.6 Å². The first-order valence-corrected chi connectivity index (χ1v) is 10.1. The molecule has 1 atom stereocenters. The lowest BCUT2D eigenvalue weighted by Crippen LogP contribution is -2.03. The Morgan fingerprint density at radius 3 is 2.32 bits per heavy atom. The summed E-state index contributed by atoms with van der Waals surface area (Å²) in [6.07, 6.45) is 5.78. The van der Waals surface area contributed by atoms with E-state index in [-0.39, 0.29) is 0 Å². The van der Waals surface area contributed by atoms with Gasteiger partial charge in [-0.1, -0.05) is 84.9 Å². The molecule has 4 heteroatoms. The minimum absolute atomic E-state index is 0.418. The van der Waals surface area contributed by atoms with Crippen LogP contribution in [0.1, 0.15) is 33.9 Å². The van der Waals surface area contributed by atoms with Gasteiger partial charge < -0.3 is 14.6 Å². The van der Waals surface area contributed by atoms with E-state index < -0.39 is 12.1 Å². The molecule has 158 valence electrons. The van der Waals surface area contributed by atoms with E-state index in [2.05, 4.69) is 4.74 Å². The smallest absolute Gasteiger partial charge is 0.330 e. The van der Waals surface area contributed by atoms with Crippen LogP contribution in [0.4, 0.5) is 0 Å². The van der Waals surface area contributed by atoms with Crippen molar-refractivity contribution in [3.05, 3.63) is 113 Å². The third-order valence-electron chi connectivity index (χ3n) is 4.84. The predicted octanol–water partition coefficient (Wildman–Crippen LogP) is 5.51. The summed E-state index contributed by atoms with van der Waals surface area (Å²) in [5.41, 5.74) is 4.45. The van der Waals surface area contributed by atoms with Gasteiger partial charge in [-0.2, -0.15) is 0 Å². The van der Waals surface area contributed by atoms with Gasteiger partial charge in [-0.25, -0.2) is 4.79 Å². The van der Waals surface area contributed by atoms with Crippen molar-refractivity contribution in [1.29, 1.82) is 0 Å². The van der Waals surface area contributed by atoms with E-state index in [1.54, 1.807) is 12.2 Å². The molecule has 31 heavy (non-hydrogen) atoms. The fraction of sp³-hybridized carbons (Fsp3) is 0.148. The first-order chi connectivity index (χ1) is 15.1. The molecule has 0 aliphatic carbocycles. The largest absolute Gasteiger partial charge is 0.488 e. The van der Waals surface area contributed by atoms with Crippen LogP contribution in [0.3, 0.4) is 0 Å². The summed E-state index contributed by atoms with van der Waals surface area (Å²) < 4.78 is 10.7. The predicted molar refractivity (Wildman–Crippen MR) is 123 cm³/mol. The van der Waals surface area contributed by atoms with Crippen molar-refractivity contribution >= 4 is 18.1 Å². The summed E-state index contributed by atoms with van der Waals surface area (Å²) in [5, 5.41) is 10.9. The average molecular weight is 415 g/mol. The fourth-order valence-electron chi connectivity index (χ4n) is 3.17. The Balaban J connectivity index is 1.80. The molecule has 0 heterocycles. The number of esters is 1. The molecule has 0 amide bonds. The zero-order valence-electron chi connectivity index (χ0n) is 17.7. The molecular formula is C27H26O4. The Kier molecular flexibility index (Phi) is 7.79. The number of carbonyl (C=O) groups is 1. The number of para-hydroxylation sites is 1. The van der Waals surface area contributed by atoms with E-state index in [0.29, 0.717) is 17.9 Å². The van der Waals surface area contributed by atoms with Crippen LogP contribution in [0.2, 0.25) is 0 Å². The number of aryl methyl sites for hydroxylation is 1. The van der Waals surface area contributed by atoms with Crippen LogP contribution in [0.15, 0.2) is 84.9 Å². The number of aliphatic hydroxyl groups excluding tert-OH is 1. The molecule has 0 fully saturated rings. The second-order valence-electron chi connectivity index (χ2n) is 7.06. The molecule has 0 aromatic heterocycles. The number of ether oxygens (including phenoxy) is 2. The molecule has 0 aliphatic heterocycles. The maximum absolute atomic E-state index is 11.4. The Labute approximate surface area is 183 Å². The molecule has 3 aromatic rings. The first kappa shape index (κ1) is 22.1. The van der Waals surface area contributed by atoms with E-state index in [1.807, 2.05) is 85.8 Å². The highest BCUT2D eigenvalue weighted by molar-refractivity contribution is 5.87. The minimum Gasteiger partial charge on any atom is -0.488 e. The van der Waals surface area contributed by atoms with Crippen LogP contribution in [0, 0.1) is 6.92 Å². The Morgan fingerprint density at radius 1 is 0.935 bits per heavy atom. The molecule has 0 saturated heterocycles. The van der Waals surface area contributed by atoms with E-state index in [0.717, 1.165) is 22.3 Å². The molecule has 3 aromatic carbocycles. The third kappa shape index (κ3) is 6.17. The molecule has 4 nitrogen and oxygen atoms in total. The van der Waals surface area contributed by atoms with Gasteiger partial charge in [0.1, 0.15) is 18.5 Å². The van der Waals surface area contributed by atoms with Crippen molar-refractivity contribution in [3.63, 3.8) is 0 Å². The highest BCUT2D eigenvalue weighted by Gasteiger charge is 2.13. The van der Waals surface area contributed by atoms with Gasteiger partial charge in [0.25, 0.3) is 0 Å². The van der Waals surface area contributed by atoms with Crippen LogP contribution in [0.25, 0.3) is 12.2 Å². The summed E-state index contributed by atoms with van der Waals surface area (Å²) in [5.74, 6) is 0.265. The maximum atomic E-state index is 11.4. The van der Waals surface area contributed by atoms with Gasteiger partial charge in [0.15, 0.2) is 0 Å². The fourth-order valence-corrected chi connectivity index (χ4v) is 3.17. The van der Waals surface area contributed by atoms with E-state index in [9.17, 15) is 9.90 Å². The lowest BCUT2D eigenvalue weighted by atomic mass is 10.0. The van der Waals surface area contributed by atoms with Gasteiger partial charge >= 0.3 is 5.97 Å². The quantitative estimate of drug-likeness (QED) is 0.390. The van der Waals surface area contributed by atoms with Crippen molar-refractivity contribution < 1.29 is 19.4 Å². The topological polar surface area (TPSA) is 55.8 Å². The van der Waals surface area contributed by atoms with Gasteiger partial charge in [-0.05, 0) is 35.3 Å². The van der Waals surface area contributed by atoms with Gasteiger partial charge in [-0.3, -0.25) is 0 Å². The average Bonchev–Trinajstić information content (AvgIpc) is 2.81. The number of benzene rings is 3. The number of hydrogen-bond donors (Lipinski definition) is 1. The monoisotopic (exact) mass is 414 g/mol. The molecule has 1 unspecified atom stereocenters. The Bertz CT molecular complexity index is 1070. The highest BCUT2D eigenvalue weighted by atomic mass is 16.5. The maximum Gasteiger partial charge on any atom is 0.330 e. The summed E-state index contributed by atoms with van der Waals surface area (Å²) in [4.78, 5) is 11.4. The standard InChI is InChI=1S/C27H26O4/c1-20-9-8-14-24(27(20)31-19-21-10-4-3-5-11-21)25(28)17-15-22-12-6-7-13-23(22)16-18-26(29)30-2/h3-18,25,28H,19H2,1-2H3. The van der Waals surface area contributed by atoms with Crippen molar-refractivity contribution in [3.8, 4) is 5.75 Å². The second kappa shape index (κ2) is 11.0. The van der Waals surface area contributed by atoms with Crippen molar-refractivity contribution in [2.24, 2.45) is 0 Å². The van der Waals surface area contributed by atoms with Gasteiger partial charge in [0.05, 0.1) is 7.11 Å². The van der Waals surface area contributed by atoms with E-state index in [4.69, 9.17) is 4.74 Å². The first-order valence-electron chi connectivity index (χ1n) is 10.1. The molecule has 0 bridgehead atoms. The molecular weight excluding hydrogens is 388 g/mol. The zero-order valence-corrected chi connectivity index (χ0v) is 17.7. The molecule has 0 radical (unpaired) electrons. The molecule has 1 N–H and O–H groups in total. The molecule has 3 rings (SSSR count). The van der Waals surface area contributed by atoms with Gasteiger partial charge in [-0.15, -0.1) is 0 Å². The number of rotatable bonds is 8. The lowest BCUT2D eigenvalue weighted by Gasteiger charge is -2.16. The Morgan fingerprint density at radius 2 is 1.61 bits per heavy atom. The van der Waals surface area contributed by atoms with Crippen molar-refractivity contribution in [1.82, 2.24) is 0 Å². The summed E-state index contributed by atoms with van der Waals surface area (Å²) in [7, 11) is 1.34. The molecule has 0 saturated carbocycles. The van der Waals surface area contributed by atoms with Crippen molar-refractivity contribution in [2.75, 3.05) is 7.11 Å². The minimum atomic E-state index is -0.844. The lowest BCUT2D eigenvalue weighted by molar-refractivity contribution is -0.134. The Hall–Kier alpha value is -3.63. The zero-order chi connectivity index (χ0) is 22.1. The highest BCUT2D eigenvalue weighted by Crippen LogP contribution is 2.31. The SMILES string of the molecule is COC(=O)C=Cc1ccccc1C=CC(O)c1cccc(C)c1OCc1ccccc1. The number of methoxy groups -OCH3 is 1. The number of hydrogen-bond acceptors (Lipinski definition) is 4. The van der Waals surface area contributed by atoms with E-state index >= 15 is 0 Å². The van der Waals surface area contributed by atoms with Crippen LogP contribution < -0.4 is 4.74 Å². The summed E-state index contributed by atoms with van der Waals surface area (Å²) in [6.45, 7) is 2.39. The number of carbonyl (C=O) groups excluding carboxylic acids is 1. The third-order valence-corrected chi connectivity index (χ3v) is 4.84. The normalized spacial score (nSPS) is 12.2. The summed E-state index contributed by atoms with van der Waals surface area (Å²) >= 11 is 0. The van der Waals surface area contributed by atoms with Gasteiger partial charge in [0.2, 0.25) is 0 Å². The van der Waals surface area contributed by atoms with Crippen molar-refractivity contribution in [2.45, 2.75) is 19.6 Å². The van der Waals surface area contributed by atoms with Crippen LogP contribution in [-0.4, -0.2) is 18.2 Å². The molecule has 0 spiro atoms. The molecule has 0 aliphatic rings. The van der Waals surface area contributed by atoms with Crippen LogP contribution in [0.5, 0.6) is 5.75 Å². The summed E-state index contributed by atoms with van der Waals surface area (Å²) in [6, 6.07) is 23.3. The van der Waals surface area contributed by atoms with Crippen LogP contribution in [-0.2, 0) is 16.1 Å². The van der Waals surface area contributed by atoms with E-state index in [1.165, 1.54) is 13.2 Å².